The van der Waals surface area contributed by atoms with E-state index in [0.29, 0.717) is 5.78 Å². The van der Waals surface area contributed by atoms with Gasteiger partial charge >= 0.3 is 0 Å². The molecule has 1 aliphatic rings. The third kappa shape index (κ3) is 3.36. The van der Waals surface area contributed by atoms with E-state index in [-0.39, 0.29) is 5.92 Å². The van der Waals surface area contributed by atoms with Gasteiger partial charge in [0.2, 0.25) is 5.78 Å². The second-order valence-electron chi connectivity index (χ2n) is 7.31. The maximum absolute atomic E-state index is 13.6. The lowest BCUT2D eigenvalue weighted by Crippen LogP contribution is -2.34. The molecule has 0 amide bonds. The van der Waals surface area contributed by atoms with E-state index >= 15 is 0 Å². The Balaban J connectivity index is 2.09. The summed E-state index contributed by atoms with van der Waals surface area (Å²) in [5.41, 5.74) is 0. The number of allylic oxidation sites excluding steroid dienone is 2. The van der Waals surface area contributed by atoms with Crippen LogP contribution in [0.2, 0.25) is 0 Å². The molecule has 0 unspecified atom stereocenters. The first-order valence-electron chi connectivity index (χ1n) is 10.1. The van der Waals surface area contributed by atoms with E-state index in [1.54, 1.807) is 0 Å². The minimum Gasteiger partial charge on any atom is -0.290 e. The van der Waals surface area contributed by atoms with Gasteiger partial charge in [-0.05, 0) is 61.7 Å². The highest BCUT2D eigenvalue weighted by Crippen LogP contribution is 2.64. The molecule has 0 atom stereocenters. The number of hydrogen-bond acceptors (Lipinski definition) is 1. The number of rotatable bonds is 7. The van der Waals surface area contributed by atoms with Crippen molar-refractivity contribution in [1.29, 1.82) is 0 Å². The Morgan fingerprint density at radius 2 is 1.18 bits per heavy atom. The summed E-state index contributed by atoms with van der Waals surface area (Å²) in [6, 6.07) is 32.0. The molecule has 0 heterocycles. The quantitative estimate of drug-likeness (QED) is 0.401. The monoisotopic (exact) mass is 385 g/mol. The summed E-state index contributed by atoms with van der Waals surface area (Å²) in [5.74, 6) is 0.556. The zero-order valence-corrected chi connectivity index (χ0v) is 17.2. The summed E-state index contributed by atoms with van der Waals surface area (Å²) in [4.78, 5) is 13.6. The number of ketones is 1. The van der Waals surface area contributed by atoms with E-state index in [2.05, 4.69) is 104 Å². The highest BCUT2D eigenvalue weighted by molar-refractivity contribution is 7.99. The van der Waals surface area contributed by atoms with Gasteiger partial charge < -0.3 is 0 Å². The van der Waals surface area contributed by atoms with Gasteiger partial charge in [-0.15, -0.1) is 0 Å². The molecular weight excluding hydrogens is 359 g/mol. The van der Waals surface area contributed by atoms with E-state index < -0.39 is 7.26 Å². The number of benzene rings is 3. The van der Waals surface area contributed by atoms with Crippen LogP contribution in [0.25, 0.3) is 0 Å². The molecule has 140 valence electrons. The van der Waals surface area contributed by atoms with Gasteiger partial charge in [0, 0.05) is 5.92 Å². The number of carbonyl (C=O) groups is 1. The van der Waals surface area contributed by atoms with Gasteiger partial charge in [-0.1, -0.05) is 61.5 Å². The Morgan fingerprint density at radius 3 is 1.50 bits per heavy atom. The first-order valence-corrected chi connectivity index (χ1v) is 11.9. The molecule has 2 heteroatoms. The summed E-state index contributed by atoms with van der Waals surface area (Å²) < 4.78 is 0. The summed E-state index contributed by atoms with van der Waals surface area (Å²) in [6.45, 7) is 2.13. The predicted octanol–water partition coefficient (Wildman–Crippen LogP) is 5.25. The number of hydrogen-bond donors (Lipinski definition) is 0. The minimum atomic E-state index is -2.24. The molecule has 0 bridgehead atoms. The van der Waals surface area contributed by atoms with E-state index in [4.69, 9.17) is 0 Å². The fourth-order valence-electron chi connectivity index (χ4n) is 3.97. The molecule has 1 saturated carbocycles. The average molecular weight is 385 g/mol. The van der Waals surface area contributed by atoms with Gasteiger partial charge in [0.15, 0.2) is 0 Å². The molecule has 28 heavy (non-hydrogen) atoms. The Kier molecular flexibility index (Phi) is 5.55. The predicted molar refractivity (Wildman–Crippen MR) is 121 cm³/mol. The molecule has 0 spiro atoms. The second-order valence-corrected chi connectivity index (χ2v) is 10.7. The summed E-state index contributed by atoms with van der Waals surface area (Å²) in [5, 5.41) is 4.78. The molecule has 1 aliphatic carbocycles. The van der Waals surface area contributed by atoms with Gasteiger partial charge in [0.05, 0.1) is 0 Å². The smallest absolute Gasteiger partial charge is 0.201 e. The van der Waals surface area contributed by atoms with Crippen molar-refractivity contribution >= 4 is 29.0 Å². The van der Waals surface area contributed by atoms with Crippen molar-refractivity contribution in [2.45, 2.75) is 26.2 Å². The van der Waals surface area contributed by atoms with Crippen molar-refractivity contribution in [1.82, 2.24) is 0 Å². The fraction of sp³-hybridized carbons (Fsp3) is 0.192. The Labute approximate surface area is 168 Å². The maximum atomic E-state index is 13.6. The summed E-state index contributed by atoms with van der Waals surface area (Å²) in [7, 11) is -2.24. The fourth-order valence-corrected chi connectivity index (χ4v) is 8.53. The number of Topliss-reactive ketones (excluding diaryl/α,β-unsaturated/α-hetero) is 1. The molecule has 0 saturated heterocycles. The molecule has 0 N–H and O–H groups in total. The van der Waals surface area contributed by atoms with Crippen molar-refractivity contribution in [3.05, 3.63) is 102 Å². The van der Waals surface area contributed by atoms with Crippen molar-refractivity contribution in [2.75, 3.05) is 0 Å². The minimum absolute atomic E-state index is 0.202. The second kappa shape index (κ2) is 8.25. The first kappa shape index (κ1) is 18.8. The van der Waals surface area contributed by atoms with Crippen LogP contribution in [0.1, 0.15) is 26.2 Å². The molecular formula is C26H26OP+. The molecule has 1 fully saturated rings. The van der Waals surface area contributed by atoms with E-state index in [9.17, 15) is 4.79 Å². The van der Waals surface area contributed by atoms with Crippen molar-refractivity contribution in [3.63, 3.8) is 0 Å². The van der Waals surface area contributed by atoms with Crippen molar-refractivity contribution < 1.29 is 4.79 Å². The molecule has 4 rings (SSSR count). The van der Waals surface area contributed by atoms with Crippen LogP contribution in [0.15, 0.2) is 102 Å². The lowest BCUT2D eigenvalue weighted by atomic mass is 10.2. The highest BCUT2D eigenvalue weighted by atomic mass is 31.2. The van der Waals surface area contributed by atoms with Crippen LogP contribution >= 0.6 is 7.26 Å². The molecule has 1 nitrogen and oxygen atoms in total. The van der Waals surface area contributed by atoms with E-state index in [1.807, 2.05) is 0 Å². The standard InChI is InChI=1S/C26H26OP/c1-2-12-25(26(27)21-19-20-21)28(22-13-6-3-7-14-22,23-15-8-4-9-16-23)24-17-10-5-11-18-24/h3-18,21H,2,19-20H2,1H3/q+1/b25-12+. The summed E-state index contributed by atoms with van der Waals surface area (Å²) in [6.07, 6.45) is 5.12. The van der Waals surface area contributed by atoms with Gasteiger partial charge in [-0.2, -0.15) is 0 Å². The zero-order chi connectivity index (χ0) is 19.4. The van der Waals surface area contributed by atoms with Crippen LogP contribution in [0.4, 0.5) is 0 Å². The lowest BCUT2D eigenvalue weighted by Gasteiger charge is -2.29. The van der Waals surface area contributed by atoms with Gasteiger partial charge in [-0.25, -0.2) is 0 Å². The molecule has 3 aromatic carbocycles. The van der Waals surface area contributed by atoms with Crippen LogP contribution in [0.5, 0.6) is 0 Å². The van der Waals surface area contributed by atoms with Gasteiger partial charge in [-0.3, -0.25) is 4.79 Å². The van der Waals surface area contributed by atoms with Gasteiger partial charge in [0.25, 0.3) is 0 Å². The normalized spacial score (nSPS) is 14.7. The topological polar surface area (TPSA) is 17.1 Å². The average Bonchev–Trinajstić information content (AvgIpc) is 3.61. The highest BCUT2D eigenvalue weighted by Gasteiger charge is 2.54. The molecule has 0 aliphatic heterocycles. The third-order valence-corrected chi connectivity index (χ3v) is 9.73. The van der Waals surface area contributed by atoms with Crippen molar-refractivity contribution in [3.8, 4) is 0 Å². The van der Waals surface area contributed by atoms with E-state index in [0.717, 1.165) is 24.6 Å². The molecule has 0 radical (unpaired) electrons. The van der Waals surface area contributed by atoms with E-state index in [1.165, 1.54) is 15.9 Å². The largest absolute Gasteiger partial charge is 0.290 e. The first-order chi connectivity index (χ1) is 13.8. The van der Waals surface area contributed by atoms with Crippen LogP contribution in [-0.2, 0) is 4.79 Å². The summed E-state index contributed by atoms with van der Waals surface area (Å²) >= 11 is 0. The maximum Gasteiger partial charge on any atom is 0.201 e. The number of carbonyl (C=O) groups excluding carboxylic acids is 1. The van der Waals surface area contributed by atoms with Crippen LogP contribution in [-0.4, -0.2) is 5.78 Å². The van der Waals surface area contributed by atoms with Crippen LogP contribution < -0.4 is 15.9 Å². The third-order valence-electron chi connectivity index (χ3n) is 5.39. The Bertz CT molecular complexity index is 860. The van der Waals surface area contributed by atoms with Crippen LogP contribution in [0.3, 0.4) is 0 Å². The Hall–Kier alpha value is -2.50. The molecule has 3 aromatic rings. The van der Waals surface area contributed by atoms with Crippen molar-refractivity contribution in [2.24, 2.45) is 5.92 Å². The van der Waals surface area contributed by atoms with Crippen LogP contribution in [0, 0.1) is 5.92 Å². The zero-order valence-electron chi connectivity index (χ0n) is 16.3. The lowest BCUT2D eigenvalue weighted by molar-refractivity contribution is -0.116. The SMILES string of the molecule is CC/C=C(\C(=O)C1CC1)[P+](c1ccccc1)(c1ccccc1)c1ccccc1. The molecule has 0 aromatic heterocycles. The van der Waals surface area contributed by atoms with Gasteiger partial charge in [0.1, 0.15) is 28.5 Å². The Morgan fingerprint density at radius 1 is 0.786 bits per heavy atom.